The van der Waals surface area contributed by atoms with Crippen molar-refractivity contribution in [1.29, 1.82) is 0 Å². The molecule has 0 aliphatic heterocycles. The number of halogens is 1. The third-order valence-electron chi connectivity index (χ3n) is 3.20. The zero-order valence-electron chi connectivity index (χ0n) is 12.9. The Labute approximate surface area is 146 Å². The maximum atomic E-state index is 12.2. The van der Waals surface area contributed by atoms with Gasteiger partial charge < -0.3 is 14.6 Å². The Balaban J connectivity index is 1.71. The molecule has 1 aromatic carbocycles. The molecule has 24 heavy (non-hydrogen) atoms. The molecule has 3 rings (SSSR count). The van der Waals surface area contributed by atoms with E-state index in [1.807, 2.05) is 12.1 Å². The molecule has 124 valence electrons. The molecule has 0 unspecified atom stereocenters. The van der Waals surface area contributed by atoms with Crippen LogP contribution in [0.4, 0.5) is 5.00 Å². The largest absolute Gasteiger partial charge is 0.454 e. The summed E-state index contributed by atoms with van der Waals surface area (Å²) in [5, 5.41) is 7.88. The van der Waals surface area contributed by atoms with E-state index in [0.29, 0.717) is 26.8 Å². The lowest BCUT2D eigenvalue weighted by atomic mass is 10.2. The van der Waals surface area contributed by atoms with Crippen molar-refractivity contribution in [2.24, 2.45) is 0 Å². The van der Waals surface area contributed by atoms with Gasteiger partial charge in [-0.1, -0.05) is 28.9 Å². The van der Waals surface area contributed by atoms with E-state index in [9.17, 15) is 4.79 Å². The average molecular weight is 365 g/mol. The van der Waals surface area contributed by atoms with Crippen LogP contribution in [0.25, 0.3) is 11.5 Å². The van der Waals surface area contributed by atoms with Gasteiger partial charge in [0, 0.05) is 7.05 Å². The lowest BCUT2D eigenvalue weighted by Crippen LogP contribution is -2.08. The smallest absolute Gasteiger partial charge is 0.343 e. The Hall–Kier alpha value is -2.45. The van der Waals surface area contributed by atoms with Crippen LogP contribution in [-0.2, 0) is 11.3 Å². The quantitative estimate of drug-likeness (QED) is 0.692. The highest BCUT2D eigenvalue weighted by atomic mass is 35.5. The number of hydrogen-bond acceptors (Lipinski definition) is 8. The van der Waals surface area contributed by atoms with Crippen molar-refractivity contribution in [2.45, 2.75) is 13.5 Å². The van der Waals surface area contributed by atoms with Crippen molar-refractivity contribution in [3.63, 3.8) is 0 Å². The fourth-order valence-electron chi connectivity index (χ4n) is 2.04. The SMILES string of the molecule is CNc1snc(C)c1C(=O)OCc1noc(-c2ccccc2Cl)n1. The van der Waals surface area contributed by atoms with E-state index >= 15 is 0 Å². The number of nitrogens with one attached hydrogen (secondary N) is 1. The Bertz CT molecular complexity index is 877. The van der Waals surface area contributed by atoms with Crippen LogP contribution in [0.5, 0.6) is 0 Å². The monoisotopic (exact) mass is 364 g/mol. The van der Waals surface area contributed by atoms with E-state index in [1.165, 1.54) is 11.5 Å². The van der Waals surface area contributed by atoms with Gasteiger partial charge in [0.2, 0.25) is 5.82 Å². The molecule has 0 atom stereocenters. The van der Waals surface area contributed by atoms with Gasteiger partial charge in [-0.05, 0) is 30.6 Å². The van der Waals surface area contributed by atoms with Gasteiger partial charge in [0.05, 0.1) is 16.3 Å². The van der Waals surface area contributed by atoms with Crippen molar-refractivity contribution in [1.82, 2.24) is 14.5 Å². The van der Waals surface area contributed by atoms with Crippen molar-refractivity contribution >= 4 is 34.1 Å². The van der Waals surface area contributed by atoms with Crippen LogP contribution >= 0.6 is 23.1 Å². The molecule has 0 aliphatic carbocycles. The van der Waals surface area contributed by atoms with Crippen LogP contribution in [0.1, 0.15) is 21.9 Å². The molecule has 0 fully saturated rings. The summed E-state index contributed by atoms with van der Waals surface area (Å²) in [4.78, 5) is 16.4. The number of anilines is 1. The molecule has 0 saturated carbocycles. The summed E-state index contributed by atoms with van der Waals surface area (Å²) in [6.07, 6.45) is 0. The second-order valence-electron chi connectivity index (χ2n) is 4.79. The second kappa shape index (κ2) is 6.98. The molecule has 0 spiro atoms. The van der Waals surface area contributed by atoms with Crippen LogP contribution in [0.15, 0.2) is 28.8 Å². The number of ether oxygens (including phenoxy) is 1. The first-order chi connectivity index (χ1) is 11.6. The van der Waals surface area contributed by atoms with Gasteiger partial charge in [0.15, 0.2) is 6.61 Å². The number of benzene rings is 1. The number of aromatic nitrogens is 3. The van der Waals surface area contributed by atoms with E-state index < -0.39 is 5.97 Å². The Morgan fingerprint density at radius 1 is 1.42 bits per heavy atom. The van der Waals surface area contributed by atoms with Gasteiger partial charge in [0.1, 0.15) is 10.6 Å². The minimum Gasteiger partial charge on any atom is -0.454 e. The predicted octanol–water partition coefficient (Wildman–Crippen LogP) is 3.55. The van der Waals surface area contributed by atoms with E-state index in [1.54, 1.807) is 26.1 Å². The fraction of sp³-hybridized carbons (Fsp3) is 0.200. The molecule has 0 saturated heterocycles. The minimum absolute atomic E-state index is 0.106. The van der Waals surface area contributed by atoms with Gasteiger partial charge in [-0.3, -0.25) is 0 Å². The van der Waals surface area contributed by atoms with Gasteiger partial charge in [0.25, 0.3) is 5.89 Å². The highest BCUT2D eigenvalue weighted by Crippen LogP contribution is 2.27. The van der Waals surface area contributed by atoms with Crippen LogP contribution in [-0.4, -0.2) is 27.5 Å². The summed E-state index contributed by atoms with van der Waals surface area (Å²) in [6, 6.07) is 7.12. The lowest BCUT2D eigenvalue weighted by Gasteiger charge is -2.03. The highest BCUT2D eigenvalue weighted by molar-refractivity contribution is 7.10. The number of esters is 1. The summed E-state index contributed by atoms with van der Waals surface area (Å²) in [6.45, 7) is 1.64. The summed E-state index contributed by atoms with van der Waals surface area (Å²) in [7, 11) is 1.72. The molecule has 0 bridgehead atoms. The molecule has 2 heterocycles. The first-order valence-electron chi connectivity index (χ1n) is 6.98. The highest BCUT2D eigenvalue weighted by Gasteiger charge is 2.20. The molecule has 7 nitrogen and oxygen atoms in total. The van der Waals surface area contributed by atoms with Gasteiger partial charge >= 0.3 is 5.97 Å². The van der Waals surface area contributed by atoms with E-state index in [2.05, 4.69) is 19.8 Å². The molecular formula is C15H13ClN4O3S. The number of carbonyl (C=O) groups is 1. The zero-order chi connectivity index (χ0) is 17.1. The van der Waals surface area contributed by atoms with Crippen molar-refractivity contribution in [3.8, 4) is 11.5 Å². The molecule has 2 aromatic heterocycles. The minimum atomic E-state index is -0.491. The van der Waals surface area contributed by atoms with Crippen molar-refractivity contribution in [3.05, 3.63) is 46.4 Å². The third-order valence-corrected chi connectivity index (χ3v) is 4.48. The molecule has 3 aromatic rings. The first kappa shape index (κ1) is 16.4. The van der Waals surface area contributed by atoms with Gasteiger partial charge in [-0.15, -0.1) is 0 Å². The van der Waals surface area contributed by atoms with Crippen LogP contribution < -0.4 is 5.32 Å². The third kappa shape index (κ3) is 3.24. The standard InChI is InChI=1S/C15H13ClN4O3S/c1-8-12(14(17-2)24-20-8)15(21)22-7-11-18-13(23-19-11)9-5-3-4-6-10(9)16/h3-6,17H,7H2,1-2H3. The second-order valence-corrected chi connectivity index (χ2v) is 5.97. The normalized spacial score (nSPS) is 10.6. The number of nitrogens with zero attached hydrogens (tertiary/aromatic N) is 3. The molecular weight excluding hydrogens is 352 g/mol. The van der Waals surface area contributed by atoms with E-state index in [-0.39, 0.29) is 18.3 Å². The maximum absolute atomic E-state index is 12.2. The number of hydrogen-bond donors (Lipinski definition) is 1. The maximum Gasteiger partial charge on any atom is 0.343 e. The Morgan fingerprint density at radius 3 is 2.96 bits per heavy atom. The topological polar surface area (TPSA) is 90.1 Å². The predicted molar refractivity (Wildman–Crippen MR) is 90.3 cm³/mol. The average Bonchev–Trinajstić information content (AvgIpc) is 3.19. The fourth-order valence-corrected chi connectivity index (χ4v) is 2.99. The number of rotatable bonds is 5. The Morgan fingerprint density at radius 2 is 2.21 bits per heavy atom. The summed E-state index contributed by atoms with van der Waals surface area (Å²) in [5.41, 5.74) is 1.65. The summed E-state index contributed by atoms with van der Waals surface area (Å²) in [5.74, 6) is 0.0377. The lowest BCUT2D eigenvalue weighted by molar-refractivity contribution is 0.0460. The molecule has 0 aliphatic rings. The summed E-state index contributed by atoms with van der Waals surface area (Å²) >= 11 is 7.29. The molecule has 0 radical (unpaired) electrons. The first-order valence-corrected chi connectivity index (χ1v) is 8.14. The molecule has 0 amide bonds. The van der Waals surface area contributed by atoms with Gasteiger partial charge in [-0.2, -0.15) is 9.36 Å². The number of carbonyl (C=O) groups excluding carboxylic acids is 1. The summed E-state index contributed by atoms with van der Waals surface area (Å²) < 4.78 is 14.5. The van der Waals surface area contributed by atoms with E-state index in [0.717, 1.165) is 0 Å². The van der Waals surface area contributed by atoms with Gasteiger partial charge in [-0.25, -0.2) is 4.79 Å². The van der Waals surface area contributed by atoms with Crippen molar-refractivity contribution in [2.75, 3.05) is 12.4 Å². The Kier molecular flexibility index (Phi) is 4.77. The zero-order valence-corrected chi connectivity index (χ0v) is 14.4. The van der Waals surface area contributed by atoms with Crippen LogP contribution in [0.2, 0.25) is 5.02 Å². The molecule has 1 N–H and O–H groups in total. The van der Waals surface area contributed by atoms with Crippen LogP contribution in [0.3, 0.4) is 0 Å². The van der Waals surface area contributed by atoms with E-state index in [4.69, 9.17) is 20.9 Å². The number of aryl methyl sites for hydroxylation is 1. The van der Waals surface area contributed by atoms with Crippen molar-refractivity contribution < 1.29 is 14.1 Å². The van der Waals surface area contributed by atoms with Crippen LogP contribution in [0, 0.1) is 6.92 Å². The molecule has 9 heteroatoms.